The summed E-state index contributed by atoms with van der Waals surface area (Å²) in [6.45, 7) is 0.00159. The Morgan fingerprint density at radius 3 is 2.62 bits per heavy atom. The Morgan fingerprint density at radius 2 is 2.15 bits per heavy atom. The summed E-state index contributed by atoms with van der Waals surface area (Å²) in [6, 6.07) is 3.24. The van der Waals surface area contributed by atoms with Crippen LogP contribution in [0.4, 0.5) is 8.78 Å². The van der Waals surface area contributed by atoms with Gasteiger partial charge in [0.2, 0.25) is 0 Å². The van der Waals surface area contributed by atoms with Crippen LogP contribution in [0.25, 0.3) is 0 Å². The van der Waals surface area contributed by atoms with Gasteiger partial charge in [0, 0.05) is 11.6 Å². The maximum absolute atomic E-state index is 13.1. The van der Waals surface area contributed by atoms with Crippen LogP contribution in [0.2, 0.25) is 0 Å². The highest BCUT2D eigenvalue weighted by Crippen LogP contribution is 2.39. The fourth-order valence-corrected chi connectivity index (χ4v) is 1.28. The van der Waals surface area contributed by atoms with Gasteiger partial charge in [-0.25, -0.2) is 8.78 Å². The summed E-state index contributed by atoms with van der Waals surface area (Å²) in [7, 11) is 0. The molecule has 70 valence electrons. The maximum atomic E-state index is 13.1. The van der Waals surface area contributed by atoms with Crippen LogP contribution in [0.15, 0.2) is 18.2 Å². The molecule has 1 fully saturated rings. The predicted molar refractivity (Wildman–Crippen MR) is 41.1 cm³/mol. The van der Waals surface area contributed by atoms with Crippen LogP contribution in [0.3, 0.4) is 0 Å². The summed E-state index contributed by atoms with van der Waals surface area (Å²) in [6.07, 6.45) is 0. The first-order valence-corrected chi connectivity index (χ1v) is 3.88. The molecule has 0 bridgehead atoms. The first kappa shape index (κ1) is 8.59. The van der Waals surface area contributed by atoms with Gasteiger partial charge in [-0.3, -0.25) is 0 Å². The van der Waals surface area contributed by atoms with Gasteiger partial charge in [-0.2, -0.15) is 0 Å². The molecule has 1 saturated heterocycles. The molecule has 1 aromatic rings. The number of hydrogen-bond donors (Lipinski definition) is 1. The number of aliphatic hydroxyl groups is 1. The fraction of sp³-hybridized carbons (Fsp3) is 0.333. The number of halogens is 2. The summed E-state index contributed by atoms with van der Waals surface area (Å²) in [5.74, 6) is -1.30. The molecule has 1 aliphatic heterocycles. The molecule has 1 atom stereocenters. The third-order valence-electron chi connectivity index (χ3n) is 2.17. The van der Waals surface area contributed by atoms with Crippen molar-refractivity contribution in [2.75, 3.05) is 13.2 Å². The lowest BCUT2D eigenvalue weighted by atomic mass is 10.0. The minimum absolute atomic E-state index is 0.219. The van der Waals surface area contributed by atoms with Crippen molar-refractivity contribution in [1.29, 1.82) is 0 Å². The smallest absolute Gasteiger partial charge is 0.142 e. The van der Waals surface area contributed by atoms with Gasteiger partial charge < -0.3 is 9.84 Å². The monoisotopic (exact) mass is 186 g/mol. The SMILES string of the molecule is OC[C@@]1(c2ccc(F)cc2F)CO1. The summed E-state index contributed by atoms with van der Waals surface area (Å²) < 4.78 is 30.6. The number of ether oxygens (including phenoxy) is 1. The average molecular weight is 186 g/mol. The van der Waals surface area contributed by atoms with Gasteiger partial charge >= 0.3 is 0 Å². The van der Waals surface area contributed by atoms with Gasteiger partial charge in [-0.15, -0.1) is 0 Å². The Balaban J connectivity index is 2.41. The van der Waals surface area contributed by atoms with Crippen LogP contribution in [0.1, 0.15) is 5.56 Å². The van der Waals surface area contributed by atoms with E-state index in [0.717, 1.165) is 12.1 Å². The van der Waals surface area contributed by atoms with Crippen molar-refractivity contribution < 1.29 is 18.6 Å². The van der Waals surface area contributed by atoms with E-state index in [1.807, 2.05) is 0 Å². The zero-order chi connectivity index (χ0) is 9.47. The molecule has 0 aliphatic carbocycles. The van der Waals surface area contributed by atoms with Gasteiger partial charge in [-0.05, 0) is 6.07 Å². The van der Waals surface area contributed by atoms with Crippen LogP contribution < -0.4 is 0 Å². The molecule has 0 spiro atoms. The van der Waals surface area contributed by atoms with E-state index < -0.39 is 17.2 Å². The molecule has 4 heteroatoms. The zero-order valence-corrected chi connectivity index (χ0v) is 6.76. The quantitative estimate of drug-likeness (QED) is 0.703. The second-order valence-corrected chi connectivity index (χ2v) is 3.07. The molecule has 0 amide bonds. The van der Waals surface area contributed by atoms with Gasteiger partial charge in [0.15, 0.2) is 0 Å². The molecule has 0 aromatic heterocycles. The summed E-state index contributed by atoms with van der Waals surface area (Å²) in [4.78, 5) is 0. The number of epoxide rings is 1. The Morgan fingerprint density at radius 1 is 1.46 bits per heavy atom. The highest BCUT2D eigenvalue weighted by atomic mass is 19.1. The molecule has 0 saturated carbocycles. The topological polar surface area (TPSA) is 32.8 Å². The van der Waals surface area contributed by atoms with Gasteiger partial charge in [0.25, 0.3) is 0 Å². The van der Waals surface area contributed by atoms with Crippen molar-refractivity contribution in [2.45, 2.75) is 5.60 Å². The molecule has 1 heterocycles. The molecule has 2 nitrogen and oxygen atoms in total. The van der Waals surface area contributed by atoms with Crippen LogP contribution in [-0.4, -0.2) is 18.3 Å². The molecule has 1 N–H and O–H groups in total. The van der Waals surface area contributed by atoms with Gasteiger partial charge in [0.1, 0.15) is 17.2 Å². The molecule has 0 radical (unpaired) electrons. The van der Waals surface area contributed by atoms with E-state index in [-0.39, 0.29) is 18.8 Å². The lowest BCUT2D eigenvalue weighted by Crippen LogP contribution is -2.16. The number of hydrogen-bond acceptors (Lipinski definition) is 2. The standard InChI is InChI=1S/C9H8F2O2/c10-6-1-2-7(8(11)3-6)9(4-12)5-13-9/h1-3,12H,4-5H2/t9-/m0/s1. The van der Waals surface area contributed by atoms with Crippen molar-refractivity contribution in [3.63, 3.8) is 0 Å². The largest absolute Gasteiger partial charge is 0.393 e. The highest BCUT2D eigenvalue weighted by Gasteiger charge is 2.47. The second-order valence-electron chi connectivity index (χ2n) is 3.07. The van der Waals surface area contributed by atoms with Crippen molar-refractivity contribution in [3.8, 4) is 0 Å². The highest BCUT2D eigenvalue weighted by molar-refractivity contribution is 5.29. The molecule has 1 aliphatic rings. The zero-order valence-electron chi connectivity index (χ0n) is 6.76. The van der Waals surface area contributed by atoms with Crippen LogP contribution in [-0.2, 0) is 10.3 Å². The van der Waals surface area contributed by atoms with E-state index in [4.69, 9.17) is 9.84 Å². The molecule has 2 rings (SSSR count). The Labute approximate surface area is 73.8 Å². The molecular weight excluding hydrogens is 178 g/mol. The third-order valence-corrected chi connectivity index (χ3v) is 2.17. The van der Waals surface area contributed by atoms with E-state index in [2.05, 4.69) is 0 Å². The summed E-state index contributed by atoms with van der Waals surface area (Å²) in [5.41, 5.74) is -0.700. The summed E-state index contributed by atoms with van der Waals surface area (Å²) in [5, 5.41) is 8.92. The van der Waals surface area contributed by atoms with E-state index >= 15 is 0 Å². The number of aliphatic hydroxyl groups excluding tert-OH is 1. The van der Waals surface area contributed by atoms with Gasteiger partial charge in [0.05, 0.1) is 13.2 Å². The minimum atomic E-state index is -0.919. The molecule has 13 heavy (non-hydrogen) atoms. The lowest BCUT2D eigenvalue weighted by molar-refractivity contribution is 0.169. The van der Waals surface area contributed by atoms with E-state index in [9.17, 15) is 8.78 Å². The second kappa shape index (κ2) is 2.75. The molecule has 1 aromatic carbocycles. The first-order valence-electron chi connectivity index (χ1n) is 3.88. The van der Waals surface area contributed by atoms with Crippen molar-refractivity contribution in [1.82, 2.24) is 0 Å². The fourth-order valence-electron chi connectivity index (χ4n) is 1.28. The number of benzene rings is 1. The van der Waals surface area contributed by atoms with E-state index in [0.29, 0.717) is 0 Å². The van der Waals surface area contributed by atoms with Crippen molar-refractivity contribution >= 4 is 0 Å². The van der Waals surface area contributed by atoms with Crippen LogP contribution in [0, 0.1) is 11.6 Å². The minimum Gasteiger partial charge on any atom is -0.393 e. The first-order chi connectivity index (χ1) is 6.18. The van der Waals surface area contributed by atoms with E-state index in [1.165, 1.54) is 6.07 Å². The molecular formula is C9H8F2O2. The van der Waals surface area contributed by atoms with Gasteiger partial charge in [-0.1, -0.05) is 6.07 Å². The normalized spacial score (nSPS) is 26.1. The maximum Gasteiger partial charge on any atom is 0.142 e. The van der Waals surface area contributed by atoms with E-state index in [1.54, 1.807) is 0 Å². The summed E-state index contributed by atoms with van der Waals surface area (Å²) >= 11 is 0. The Kier molecular flexibility index (Phi) is 1.82. The third kappa shape index (κ3) is 1.32. The van der Waals surface area contributed by atoms with Crippen LogP contribution in [0.5, 0.6) is 0 Å². The molecule has 0 unspecified atom stereocenters. The number of rotatable bonds is 2. The predicted octanol–water partition coefficient (Wildman–Crippen LogP) is 1.18. The average Bonchev–Trinajstić information content (AvgIpc) is 2.85. The van der Waals surface area contributed by atoms with Crippen molar-refractivity contribution in [3.05, 3.63) is 35.4 Å². The Bertz CT molecular complexity index is 334. The lowest BCUT2D eigenvalue weighted by Gasteiger charge is -2.09. The Hall–Kier alpha value is -1.00. The van der Waals surface area contributed by atoms with Crippen molar-refractivity contribution in [2.24, 2.45) is 0 Å². The van der Waals surface area contributed by atoms with Crippen LogP contribution >= 0.6 is 0 Å².